The van der Waals surface area contributed by atoms with E-state index in [2.05, 4.69) is 11.0 Å². The standard InChI is InChI=1S/C14H17F3N2/c1-3-19(10-4-9-18)11(2)12-5-7-13(8-6-12)14(15,16)17/h5-8,11H,3-4,10H2,1-2H3. The summed E-state index contributed by atoms with van der Waals surface area (Å²) in [5.41, 5.74) is 0.191. The van der Waals surface area contributed by atoms with Gasteiger partial charge >= 0.3 is 6.18 Å². The molecule has 0 saturated heterocycles. The summed E-state index contributed by atoms with van der Waals surface area (Å²) in [7, 11) is 0. The van der Waals surface area contributed by atoms with Crippen LogP contribution in [0.2, 0.25) is 0 Å². The molecule has 0 aliphatic heterocycles. The zero-order chi connectivity index (χ0) is 14.5. The Morgan fingerprint density at radius 1 is 1.26 bits per heavy atom. The zero-order valence-electron chi connectivity index (χ0n) is 11.0. The minimum Gasteiger partial charge on any atom is -0.296 e. The van der Waals surface area contributed by atoms with Gasteiger partial charge in [-0.2, -0.15) is 18.4 Å². The van der Waals surface area contributed by atoms with Gasteiger partial charge in [0.2, 0.25) is 0 Å². The summed E-state index contributed by atoms with van der Waals surface area (Å²) in [6, 6.07) is 7.29. The summed E-state index contributed by atoms with van der Waals surface area (Å²) in [4.78, 5) is 2.06. The molecule has 1 atom stereocenters. The number of rotatable bonds is 5. The Kier molecular flexibility index (Phi) is 5.37. The van der Waals surface area contributed by atoms with E-state index in [1.54, 1.807) is 0 Å². The Morgan fingerprint density at radius 3 is 2.26 bits per heavy atom. The largest absolute Gasteiger partial charge is 0.416 e. The lowest BCUT2D eigenvalue weighted by Gasteiger charge is -2.27. The summed E-state index contributed by atoms with van der Waals surface area (Å²) in [6.07, 6.45) is -3.88. The Hall–Kier alpha value is -1.54. The quantitative estimate of drug-likeness (QED) is 0.808. The van der Waals surface area contributed by atoms with Gasteiger partial charge in [0.15, 0.2) is 0 Å². The lowest BCUT2D eigenvalue weighted by atomic mass is 10.0. The second kappa shape index (κ2) is 6.58. The Labute approximate surface area is 111 Å². The van der Waals surface area contributed by atoms with Crippen LogP contribution >= 0.6 is 0 Å². The number of nitriles is 1. The second-order valence-electron chi connectivity index (χ2n) is 4.33. The lowest BCUT2D eigenvalue weighted by Crippen LogP contribution is -2.27. The zero-order valence-corrected chi connectivity index (χ0v) is 11.0. The minimum absolute atomic E-state index is 0.000587. The van der Waals surface area contributed by atoms with E-state index < -0.39 is 11.7 Å². The SMILES string of the molecule is CCN(CCC#N)C(C)c1ccc(C(F)(F)F)cc1. The molecule has 0 saturated carbocycles. The number of halogens is 3. The van der Waals surface area contributed by atoms with Crippen molar-refractivity contribution in [3.8, 4) is 6.07 Å². The highest BCUT2D eigenvalue weighted by Crippen LogP contribution is 2.30. The van der Waals surface area contributed by atoms with Crippen LogP contribution in [0.4, 0.5) is 13.2 Å². The number of hydrogen-bond acceptors (Lipinski definition) is 2. The maximum Gasteiger partial charge on any atom is 0.416 e. The fraction of sp³-hybridized carbons (Fsp3) is 0.500. The average Bonchev–Trinajstić information content (AvgIpc) is 2.38. The molecule has 0 spiro atoms. The molecule has 1 rings (SSSR count). The molecule has 0 amide bonds. The molecule has 2 nitrogen and oxygen atoms in total. The van der Waals surface area contributed by atoms with Crippen LogP contribution in [0.25, 0.3) is 0 Å². The molecule has 0 aromatic heterocycles. The summed E-state index contributed by atoms with van der Waals surface area (Å²) in [5.74, 6) is 0. The molecule has 0 N–H and O–H groups in total. The average molecular weight is 270 g/mol. The minimum atomic E-state index is -4.30. The van der Waals surface area contributed by atoms with Crippen LogP contribution in [0.3, 0.4) is 0 Å². The normalized spacial score (nSPS) is 13.3. The van der Waals surface area contributed by atoms with Crippen molar-refractivity contribution in [1.82, 2.24) is 4.90 Å². The fourth-order valence-corrected chi connectivity index (χ4v) is 1.98. The summed E-state index contributed by atoms with van der Waals surface area (Å²) in [5, 5.41) is 8.59. The van der Waals surface area contributed by atoms with Crippen LogP contribution in [0.1, 0.15) is 37.4 Å². The summed E-state index contributed by atoms with van der Waals surface area (Å²) < 4.78 is 37.4. The Morgan fingerprint density at radius 2 is 1.84 bits per heavy atom. The molecule has 1 aromatic rings. The molecule has 104 valence electrons. The van der Waals surface area contributed by atoms with E-state index in [1.807, 2.05) is 13.8 Å². The fourth-order valence-electron chi connectivity index (χ4n) is 1.98. The molecule has 1 unspecified atom stereocenters. The Bertz CT molecular complexity index is 431. The van der Waals surface area contributed by atoms with Gasteiger partial charge < -0.3 is 0 Å². The number of nitrogens with zero attached hydrogens (tertiary/aromatic N) is 2. The van der Waals surface area contributed by atoms with Gasteiger partial charge in [-0.1, -0.05) is 19.1 Å². The van der Waals surface area contributed by atoms with Crippen molar-refractivity contribution >= 4 is 0 Å². The second-order valence-corrected chi connectivity index (χ2v) is 4.33. The van der Waals surface area contributed by atoms with Crippen molar-refractivity contribution in [2.75, 3.05) is 13.1 Å². The third kappa shape index (κ3) is 4.25. The van der Waals surface area contributed by atoms with Crippen LogP contribution in [0.15, 0.2) is 24.3 Å². The molecule has 0 radical (unpaired) electrons. The monoisotopic (exact) mass is 270 g/mol. The van der Waals surface area contributed by atoms with E-state index in [0.29, 0.717) is 13.0 Å². The molecule has 0 heterocycles. The smallest absolute Gasteiger partial charge is 0.296 e. The van der Waals surface area contributed by atoms with Gasteiger partial charge in [0.05, 0.1) is 11.6 Å². The van der Waals surface area contributed by atoms with Gasteiger partial charge in [0, 0.05) is 19.0 Å². The first-order chi connectivity index (χ1) is 8.90. The predicted octanol–water partition coefficient (Wildman–Crippen LogP) is 4.00. The van der Waals surface area contributed by atoms with Gasteiger partial charge in [-0.15, -0.1) is 0 Å². The molecule has 19 heavy (non-hydrogen) atoms. The molecule has 0 aliphatic rings. The van der Waals surface area contributed by atoms with Gasteiger partial charge in [-0.25, -0.2) is 0 Å². The van der Waals surface area contributed by atoms with E-state index in [9.17, 15) is 13.2 Å². The molecule has 1 aromatic carbocycles. The first kappa shape index (κ1) is 15.5. The molecule has 0 fully saturated rings. The van der Waals surface area contributed by atoms with Crippen molar-refractivity contribution in [2.24, 2.45) is 0 Å². The number of benzene rings is 1. The summed E-state index contributed by atoms with van der Waals surface area (Å²) >= 11 is 0. The summed E-state index contributed by atoms with van der Waals surface area (Å²) in [6.45, 7) is 5.28. The highest BCUT2D eigenvalue weighted by molar-refractivity contribution is 5.26. The van der Waals surface area contributed by atoms with E-state index >= 15 is 0 Å². The highest BCUT2D eigenvalue weighted by atomic mass is 19.4. The predicted molar refractivity (Wildman–Crippen MR) is 67.3 cm³/mol. The molecule has 5 heteroatoms. The number of alkyl halides is 3. The third-order valence-corrected chi connectivity index (χ3v) is 3.19. The molecular weight excluding hydrogens is 253 g/mol. The van der Waals surface area contributed by atoms with Gasteiger partial charge in [-0.05, 0) is 31.2 Å². The first-order valence-corrected chi connectivity index (χ1v) is 6.18. The van der Waals surface area contributed by atoms with E-state index in [1.165, 1.54) is 12.1 Å². The molecule has 0 bridgehead atoms. The van der Waals surface area contributed by atoms with E-state index in [4.69, 9.17) is 5.26 Å². The van der Waals surface area contributed by atoms with Crippen LogP contribution in [-0.2, 0) is 6.18 Å². The lowest BCUT2D eigenvalue weighted by molar-refractivity contribution is -0.137. The van der Waals surface area contributed by atoms with Gasteiger partial charge in [0.25, 0.3) is 0 Å². The van der Waals surface area contributed by atoms with E-state index in [0.717, 1.165) is 24.2 Å². The van der Waals surface area contributed by atoms with Crippen molar-refractivity contribution in [3.63, 3.8) is 0 Å². The number of hydrogen-bond donors (Lipinski definition) is 0. The van der Waals surface area contributed by atoms with Crippen molar-refractivity contribution in [3.05, 3.63) is 35.4 Å². The van der Waals surface area contributed by atoms with Crippen molar-refractivity contribution < 1.29 is 13.2 Å². The van der Waals surface area contributed by atoms with E-state index in [-0.39, 0.29) is 6.04 Å². The maximum atomic E-state index is 12.5. The first-order valence-electron chi connectivity index (χ1n) is 6.18. The van der Waals surface area contributed by atoms with Crippen LogP contribution in [0, 0.1) is 11.3 Å². The van der Waals surface area contributed by atoms with Crippen molar-refractivity contribution in [2.45, 2.75) is 32.5 Å². The third-order valence-electron chi connectivity index (χ3n) is 3.19. The molecule has 0 aliphatic carbocycles. The topological polar surface area (TPSA) is 27.0 Å². The highest BCUT2D eigenvalue weighted by Gasteiger charge is 2.30. The van der Waals surface area contributed by atoms with Crippen LogP contribution in [-0.4, -0.2) is 18.0 Å². The van der Waals surface area contributed by atoms with Crippen molar-refractivity contribution in [1.29, 1.82) is 5.26 Å². The van der Waals surface area contributed by atoms with Crippen LogP contribution < -0.4 is 0 Å². The van der Waals surface area contributed by atoms with Crippen LogP contribution in [0.5, 0.6) is 0 Å². The maximum absolute atomic E-state index is 12.5. The van der Waals surface area contributed by atoms with Gasteiger partial charge in [-0.3, -0.25) is 4.90 Å². The molecular formula is C14H17F3N2. The Balaban J connectivity index is 2.82. The van der Waals surface area contributed by atoms with Gasteiger partial charge in [0.1, 0.15) is 0 Å².